The SMILES string of the molecule is O=C1CCC(NC2CCCCCCCCCCC2)C(=O)N1. The Morgan fingerprint density at radius 3 is 1.81 bits per heavy atom. The summed E-state index contributed by atoms with van der Waals surface area (Å²) in [6, 6.07) is 0.272. The number of carbonyl (C=O) groups is 2. The fourth-order valence-corrected chi connectivity index (χ4v) is 3.47. The molecule has 1 unspecified atom stereocenters. The van der Waals surface area contributed by atoms with Crippen LogP contribution >= 0.6 is 0 Å². The molecule has 0 spiro atoms. The third-order valence-corrected chi connectivity index (χ3v) is 4.78. The Kier molecular flexibility index (Phi) is 7.20. The molecule has 2 aliphatic rings. The first-order valence-corrected chi connectivity index (χ1v) is 8.85. The predicted molar refractivity (Wildman–Crippen MR) is 83.9 cm³/mol. The van der Waals surface area contributed by atoms with Crippen molar-refractivity contribution in [3.63, 3.8) is 0 Å². The van der Waals surface area contributed by atoms with Crippen LogP contribution in [0.2, 0.25) is 0 Å². The minimum absolute atomic E-state index is 0.127. The fourth-order valence-electron chi connectivity index (χ4n) is 3.47. The van der Waals surface area contributed by atoms with E-state index < -0.39 is 0 Å². The van der Waals surface area contributed by atoms with Gasteiger partial charge >= 0.3 is 0 Å². The second kappa shape index (κ2) is 9.19. The molecule has 2 amide bonds. The van der Waals surface area contributed by atoms with Gasteiger partial charge in [0.05, 0.1) is 6.04 Å². The van der Waals surface area contributed by atoms with Crippen molar-refractivity contribution in [2.24, 2.45) is 0 Å². The average Bonchev–Trinajstić information content (AvgIpc) is 2.44. The average molecular weight is 294 g/mol. The molecule has 1 saturated carbocycles. The first-order chi connectivity index (χ1) is 10.3. The second-order valence-corrected chi connectivity index (χ2v) is 6.63. The molecule has 2 N–H and O–H groups in total. The fraction of sp³-hybridized carbons (Fsp3) is 0.882. The number of imide groups is 1. The van der Waals surface area contributed by atoms with Crippen LogP contribution < -0.4 is 10.6 Å². The summed E-state index contributed by atoms with van der Waals surface area (Å²) < 4.78 is 0. The van der Waals surface area contributed by atoms with Crippen LogP contribution in [0, 0.1) is 0 Å². The van der Waals surface area contributed by atoms with E-state index in [1.165, 1.54) is 57.8 Å². The van der Waals surface area contributed by atoms with Gasteiger partial charge in [0.1, 0.15) is 0 Å². The minimum atomic E-state index is -0.166. The first kappa shape index (κ1) is 16.5. The van der Waals surface area contributed by atoms with Gasteiger partial charge in [-0.25, -0.2) is 0 Å². The van der Waals surface area contributed by atoms with Crippen molar-refractivity contribution in [1.82, 2.24) is 10.6 Å². The normalized spacial score (nSPS) is 27.5. The highest BCUT2D eigenvalue weighted by molar-refractivity contribution is 6.00. The molecule has 0 aromatic carbocycles. The quantitative estimate of drug-likeness (QED) is 0.770. The smallest absolute Gasteiger partial charge is 0.243 e. The zero-order valence-corrected chi connectivity index (χ0v) is 13.2. The monoisotopic (exact) mass is 294 g/mol. The number of piperidine rings is 1. The molecular formula is C17H30N2O2. The van der Waals surface area contributed by atoms with Crippen LogP contribution in [-0.2, 0) is 9.59 Å². The van der Waals surface area contributed by atoms with Gasteiger partial charge in [-0.15, -0.1) is 0 Å². The molecule has 1 aliphatic carbocycles. The molecule has 1 saturated heterocycles. The Morgan fingerprint density at radius 1 is 0.762 bits per heavy atom. The van der Waals surface area contributed by atoms with Crippen molar-refractivity contribution in [3.8, 4) is 0 Å². The molecular weight excluding hydrogens is 264 g/mol. The lowest BCUT2D eigenvalue weighted by Gasteiger charge is -2.27. The minimum Gasteiger partial charge on any atom is -0.303 e. The summed E-state index contributed by atoms with van der Waals surface area (Å²) in [4.78, 5) is 23.1. The number of hydrogen-bond donors (Lipinski definition) is 2. The van der Waals surface area contributed by atoms with E-state index in [2.05, 4.69) is 10.6 Å². The van der Waals surface area contributed by atoms with Crippen LogP contribution in [0.25, 0.3) is 0 Å². The van der Waals surface area contributed by atoms with E-state index in [1.54, 1.807) is 0 Å². The van der Waals surface area contributed by atoms with Gasteiger partial charge in [0.2, 0.25) is 11.8 Å². The molecule has 1 atom stereocenters. The van der Waals surface area contributed by atoms with Crippen molar-refractivity contribution >= 4 is 11.8 Å². The van der Waals surface area contributed by atoms with E-state index >= 15 is 0 Å². The summed E-state index contributed by atoms with van der Waals surface area (Å²) in [5.41, 5.74) is 0. The molecule has 0 aromatic heterocycles. The van der Waals surface area contributed by atoms with E-state index in [9.17, 15) is 9.59 Å². The van der Waals surface area contributed by atoms with Gasteiger partial charge in [-0.2, -0.15) is 0 Å². The molecule has 1 heterocycles. The van der Waals surface area contributed by atoms with Crippen molar-refractivity contribution in [1.29, 1.82) is 0 Å². The molecule has 120 valence electrons. The zero-order chi connectivity index (χ0) is 14.9. The Hall–Kier alpha value is -0.900. The maximum atomic E-state index is 11.9. The van der Waals surface area contributed by atoms with Crippen LogP contribution in [0.5, 0.6) is 0 Å². The van der Waals surface area contributed by atoms with Crippen molar-refractivity contribution in [2.75, 3.05) is 0 Å². The standard InChI is InChI=1S/C17H30N2O2/c20-16-13-12-15(17(21)19-16)18-14-10-8-6-4-2-1-3-5-7-9-11-14/h14-15,18H,1-13H2,(H,19,20,21). The zero-order valence-electron chi connectivity index (χ0n) is 13.2. The van der Waals surface area contributed by atoms with Gasteiger partial charge in [-0.1, -0.05) is 57.8 Å². The predicted octanol–water partition coefficient (Wildman–Crippen LogP) is 3.05. The Morgan fingerprint density at radius 2 is 1.29 bits per heavy atom. The largest absolute Gasteiger partial charge is 0.303 e. The molecule has 0 aromatic rings. The highest BCUT2D eigenvalue weighted by Crippen LogP contribution is 2.18. The van der Waals surface area contributed by atoms with E-state index in [4.69, 9.17) is 0 Å². The summed E-state index contributed by atoms with van der Waals surface area (Å²) in [5.74, 6) is -0.255. The Bertz CT molecular complexity index is 332. The Labute approximate surface area is 128 Å². The molecule has 4 nitrogen and oxygen atoms in total. The molecule has 1 aliphatic heterocycles. The highest BCUT2D eigenvalue weighted by atomic mass is 16.2. The van der Waals surface area contributed by atoms with Crippen LogP contribution in [0.4, 0.5) is 0 Å². The molecule has 2 fully saturated rings. The van der Waals surface area contributed by atoms with Crippen molar-refractivity contribution in [3.05, 3.63) is 0 Å². The van der Waals surface area contributed by atoms with E-state index in [1.807, 2.05) is 0 Å². The van der Waals surface area contributed by atoms with Crippen molar-refractivity contribution in [2.45, 2.75) is 95.6 Å². The van der Waals surface area contributed by atoms with Crippen LogP contribution in [0.3, 0.4) is 0 Å². The van der Waals surface area contributed by atoms with Crippen LogP contribution in [-0.4, -0.2) is 23.9 Å². The maximum Gasteiger partial charge on any atom is 0.243 e. The van der Waals surface area contributed by atoms with Crippen LogP contribution in [0.1, 0.15) is 83.5 Å². The van der Waals surface area contributed by atoms with Crippen molar-refractivity contribution < 1.29 is 9.59 Å². The van der Waals surface area contributed by atoms with Gasteiger partial charge in [0.15, 0.2) is 0 Å². The maximum absolute atomic E-state index is 11.9. The molecule has 0 radical (unpaired) electrons. The summed E-state index contributed by atoms with van der Waals surface area (Å²) in [6.45, 7) is 0. The molecule has 0 bridgehead atoms. The van der Waals surface area contributed by atoms with Crippen LogP contribution in [0.15, 0.2) is 0 Å². The summed E-state index contributed by atoms with van der Waals surface area (Å²) in [7, 11) is 0. The second-order valence-electron chi connectivity index (χ2n) is 6.63. The summed E-state index contributed by atoms with van der Waals surface area (Å²) in [6.07, 6.45) is 15.5. The van der Waals surface area contributed by atoms with E-state index in [0.717, 1.165) is 12.8 Å². The van der Waals surface area contributed by atoms with E-state index in [-0.39, 0.29) is 17.9 Å². The third kappa shape index (κ3) is 6.16. The van der Waals surface area contributed by atoms with E-state index in [0.29, 0.717) is 18.9 Å². The van der Waals surface area contributed by atoms with Gasteiger partial charge < -0.3 is 5.32 Å². The summed E-state index contributed by atoms with van der Waals surface area (Å²) >= 11 is 0. The number of carbonyl (C=O) groups excluding carboxylic acids is 2. The third-order valence-electron chi connectivity index (χ3n) is 4.78. The number of amides is 2. The highest BCUT2D eigenvalue weighted by Gasteiger charge is 2.28. The van der Waals surface area contributed by atoms with Gasteiger partial charge in [0.25, 0.3) is 0 Å². The number of hydrogen-bond acceptors (Lipinski definition) is 3. The lowest BCUT2D eigenvalue weighted by Crippen LogP contribution is -2.53. The topological polar surface area (TPSA) is 58.2 Å². The Balaban J connectivity index is 1.79. The number of rotatable bonds is 2. The number of nitrogens with one attached hydrogen (secondary N) is 2. The van der Waals surface area contributed by atoms with Gasteiger partial charge in [0, 0.05) is 12.5 Å². The lowest BCUT2D eigenvalue weighted by molar-refractivity contribution is -0.134. The van der Waals surface area contributed by atoms with Gasteiger partial charge in [-0.3, -0.25) is 14.9 Å². The first-order valence-electron chi connectivity index (χ1n) is 8.85. The molecule has 4 heteroatoms. The lowest BCUT2D eigenvalue weighted by atomic mass is 9.96. The summed E-state index contributed by atoms with van der Waals surface area (Å²) in [5, 5.41) is 5.96. The molecule has 21 heavy (non-hydrogen) atoms. The molecule has 2 rings (SSSR count). The van der Waals surface area contributed by atoms with Gasteiger partial charge in [-0.05, 0) is 19.3 Å².